The van der Waals surface area contributed by atoms with Gasteiger partial charge in [-0.1, -0.05) is 168 Å². The van der Waals surface area contributed by atoms with Crippen molar-refractivity contribution in [3.8, 4) is 0 Å². The van der Waals surface area contributed by atoms with Crippen LogP contribution in [0, 0.1) is 0 Å². The van der Waals surface area contributed by atoms with Crippen molar-refractivity contribution in [2.75, 3.05) is 54.2 Å². The highest BCUT2D eigenvalue weighted by Gasteiger charge is 2.24. The van der Waals surface area contributed by atoms with Gasteiger partial charge in [0.15, 0.2) is 6.10 Å². The molecular weight excluding hydrogens is 677 g/mol. The Balaban J connectivity index is 4.52. The number of hydrogen-bond acceptors (Lipinski definition) is 8. The number of ether oxygens (including phenoxy) is 3. The van der Waals surface area contributed by atoms with Crippen LogP contribution in [-0.4, -0.2) is 82.8 Å². The SMILES string of the molecule is CCCCCCCCCCCCCCCC(=O)OCC(COCC(C[N+](C)(C)C)OP(C)(=O)[O-])OC(=O)CCCCCCCCCCCCCCC. The van der Waals surface area contributed by atoms with E-state index < -0.39 is 19.8 Å². The van der Waals surface area contributed by atoms with Crippen LogP contribution in [-0.2, 0) is 32.9 Å². The molecule has 0 amide bonds. The van der Waals surface area contributed by atoms with Gasteiger partial charge in [0.1, 0.15) is 26.9 Å². The van der Waals surface area contributed by atoms with Crippen LogP contribution in [0.3, 0.4) is 0 Å². The first kappa shape index (κ1) is 51.0. The van der Waals surface area contributed by atoms with Gasteiger partial charge in [-0.15, -0.1) is 0 Å². The second-order valence-electron chi connectivity index (χ2n) is 16.3. The molecule has 0 aliphatic rings. The molecule has 3 atom stereocenters. The number of esters is 2. The molecule has 9 nitrogen and oxygen atoms in total. The maximum absolute atomic E-state index is 12.8. The molecule has 0 heterocycles. The molecule has 0 N–H and O–H groups in total. The van der Waals surface area contributed by atoms with E-state index in [0.717, 1.165) is 45.2 Å². The van der Waals surface area contributed by atoms with E-state index in [2.05, 4.69) is 13.8 Å². The molecule has 0 aromatic rings. The van der Waals surface area contributed by atoms with Gasteiger partial charge < -0.3 is 32.7 Å². The van der Waals surface area contributed by atoms with Crippen LogP contribution in [0.1, 0.15) is 194 Å². The summed E-state index contributed by atoms with van der Waals surface area (Å²) >= 11 is 0. The van der Waals surface area contributed by atoms with E-state index in [4.69, 9.17) is 18.7 Å². The largest absolute Gasteiger partial charge is 0.779 e. The maximum atomic E-state index is 12.8. The fraction of sp³-hybridized carbons (Fsp3) is 0.952. The predicted octanol–water partition coefficient (Wildman–Crippen LogP) is 10.7. The molecule has 0 aromatic carbocycles. The molecule has 0 aliphatic carbocycles. The molecule has 0 radical (unpaired) electrons. The zero-order valence-electron chi connectivity index (χ0n) is 34.9. The molecule has 52 heavy (non-hydrogen) atoms. The summed E-state index contributed by atoms with van der Waals surface area (Å²) in [6, 6.07) is 0. The zero-order chi connectivity index (χ0) is 38.8. The first-order valence-corrected chi connectivity index (χ1v) is 23.6. The fourth-order valence-corrected chi connectivity index (χ4v) is 7.19. The van der Waals surface area contributed by atoms with E-state index in [0.29, 0.717) is 23.9 Å². The molecule has 0 saturated carbocycles. The van der Waals surface area contributed by atoms with Crippen molar-refractivity contribution in [2.45, 2.75) is 206 Å². The normalized spacial score (nSPS) is 14.2. The standard InChI is InChI=1S/C42H84NO8P/c1-7-9-11-13-15-17-19-21-23-25-27-29-31-33-41(44)49-38-40(37-48-36-39(35-43(3,4)5)51-52(6,46)47)50-42(45)34-32-30-28-26-24-22-20-18-16-14-12-10-8-2/h39-40H,7-38H2,1-6H3. The van der Waals surface area contributed by atoms with E-state index in [1.807, 2.05) is 21.1 Å². The summed E-state index contributed by atoms with van der Waals surface area (Å²) in [5, 5.41) is 0. The summed E-state index contributed by atoms with van der Waals surface area (Å²) in [4.78, 5) is 37.2. The fourth-order valence-electron chi connectivity index (χ4n) is 6.52. The third kappa shape index (κ3) is 38.7. The Bertz CT molecular complexity index is 875. The minimum Gasteiger partial charge on any atom is -0.779 e. The van der Waals surface area contributed by atoms with Gasteiger partial charge in [-0.25, -0.2) is 0 Å². The number of carbonyl (C=O) groups excluding carboxylic acids is 2. The topological polar surface area (TPSA) is 111 Å². The van der Waals surface area contributed by atoms with Crippen molar-refractivity contribution in [1.29, 1.82) is 0 Å². The van der Waals surface area contributed by atoms with Crippen LogP contribution >= 0.6 is 7.60 Å². The third-order valence-corrected chi connectivity index (χ3v) is 10.1. The Morgan fingerprint density at radius 3 is 1.25 bits per heavy atom. The van der Waals surface area contributed by atoms with Crippen molar-refractivity contribution in [1.82, 2.24) is 0 Å². The van der Waals surface area contributed by atoms with Gasteiger partial charge in [-0.3, -0.25) is 9.59 Å². The highest BCUT2D eigenvalue weighted by atomic mass is 31.2. The first-order valence-electron chi connectivity index (χ1n) is 21.6. The lowest BCUT2D eigenvalue weighted by Gasteiger charge is -2.32. The molecule has 0 rings (SSSR count). The van der Waals surface area contributed by atoms with Crippen molar-refractivity contribution < 1.29 is 42.3 Å². The van der Waals surface area contributed by atoms with Crippen molar-refractivity contribution >= 4 is 19.5 Å². The smallest absolute Gasteiger partial charge is 0.306 e. The van der Waals surface area contributed by atoms with Crippen molar-refractivity contribution in [3.05, 3.63) is 0 Å². The number of hydrogen-bond donors (Lipinski definition) is 0. The van der Waals surface area contributed by atoms with Gasteiger partial charge >= 0.3 is 11.9 Å². The van der Waals surface area contributed by atoms with E-state index in [9.17, 15) is 19.0 Å². The molecule has 0 aromatic heterocycles. The van der Waals surface area contributed by atoms with E-state index in [1.54, 1.807) is 0 Å². The van der Waals surface area contributed by atoms with Gasteiger partial charge in [-0.2, -0.15) is 0 Å². The highest BCUT2D eigenvalue weighted by molar-refractivity contribution is 7.50. The highest BCUT2D eigenvalue weighted by Crippen LogP contribution is 2.33. The predicted molar refractivity (Wildman–Crippen MR) is 214 cm³/mol. The summed E-state index contributed by atoms with van der Waals surface area (Å²) in [6.07, 6.45) is 31.3. The molecule has 10 heteroatoms. The quantitative estimate of drug-likeness (QED) is 0.0263. The van der Waals surface area contributed by atoms with E-state index in [1.165, 1.54) is 128 Å². The third-order valence-electron chi connectivity index (χ3n) is 9.40. The molecule has 3 unspecified atom stereocenters. The Kier molecular flexibility index (Phi) is 33.8. The van der Waals surface area contributed by atoms with Crippen LogP contribution in [0.5, 0.6) is 0 Å². The number of unbranched alkanes of at least 4 members (excludes halogenated alkanes) is 24. The van der Waals surface area contributed by atoms with Crippen LogP contribution < -0.4 is 4.89 Å². The van der Waals surface area contributed by atoms with Crippen molar-refractivity contribution in [3.63, 3.8) is 0 Å². The van der Waals surface area contributed by atoms with Gasteiger partial charge in [0, 0.05) is 19.5 Å². The Hall–Kier alpha value is -0.990. The summed E-state index contributed by atoms with van der Waals surface area (Å²) < 4.78 is 34.7. The number of quaternary nitrogens is 1. The molecule has 0 fully saturated rings. The van der Waals surface area contributed by atoms with E-state index >= 15 is 0 Å². The Morgan fingerprint density at radius 1 is 0.538 bits per heavy atom. The number of carbonyl (C=O) groups is 2. The van der Waals surface area contributed by atoms with Gasteiger partial charge in [0.2, 0.25) is 0 Å². The molecular formula is C42H84NO8P. The average molecular weight is 762 g/mol. The molecule has 0 spiro atoms. The summed E-state index contributed by atoms with van der Waals surface area (Å²) in [6.45, 7) is 5.88. The lowest BCUT2D eigenvalue weighted by Crippen LogP contribution is -2.44. The van der Waals surface area contributed by atoms with Gasteiger partial charge in [0.25, 0.3) is 0 Å². The lowest BCUT2D eigenvalue weighted by atomic mass is 10.0. The van der Waals surface area contributed by atoms with Crippen molar-refractivity contribution in [2.24, 2.45) is 0 Å². The summed E-state index contributed by atoms with van der Waals surface area (Å²) in [5.41, 5.74) is 0. The summed E-state index contributed by atoms with van der Waals surface area (Å²) in [7, 11) is 1.85. The van der Waals surface area contributed by atoms with Crippen LogP contribution in [0.15, 0.2) is 0 Å². The Labute approximate surface area is 321 Å². The van der Waals surface area contributed by atoms with Gasteiger partial charge in [-0.05, 0) is 12.8 Å². The number of rotatable bonds is 39. The van der Waals surface area contributed by atoms with Crippen LogP contribution in [0.25, 0.3) is 0 Å². The first-order chi connectivity index (χ1) is 24.9. The molecule has 0 bridgehead atoms. The van der Waals surface area contributed by atoms with Gasteiger partial charge in [0.05, 0.1) is 34.4 Å². The summed E-state index contributed by atoms with van der Waals surface area (Å²) in [5.74, 6) is -0.633. The zero-order valence-corrected chi connectivity index (χ0v) is 35.8. The second-order valence-corrected chi connectivity index (χ2v) is 18.0. The average Bonchev–Trinajstić information content (AvgIpc) is 3.06. The number of nitrogens with zero attached hydrogens (tertiary/aromatic N) is 1. The molecule has 0 saturated heterocycles. The molecule has 0 aliphatic heterocycles. The number of likely N-dealkylation sites (N-methyl/N-ethyl adjacent to an activating group) is 1. The lowest BCUT2D eigenvalue weighted by molar-refractivity contribution is -0.873. The minimum absolute atomic E-state index is 0.00933. The minimum atomic E-state index is -3.98. The van der Waals surface area contributed by atoms with Crippen LogP contribution in [0.4, 0.5) is 0 Å². The Morgan fingerprint density at radius 2 is 0.885 bits per heavy atom. The maximum Gasteiger partial charge on any atom is 0.306 e. The molecule has 310 valence electrons. The second kappa shape index (κ2) is 34.5. The van der Waals surface area contributed by atoms with Crippen LogP contribution in [0.2, 0.25) is 0 Å². The van der Waals surface area contributed by atoms with E-state index in [-0.39, 0.29) is 31.8 Å². The monoisotopic (exact) mass is 762 g/mol.